The first-order valence-electron chi connectivity index (χ1n) is 7.62. The third-order valence-electron chi connectivity index (χ3n) is 4.07. The van der Waals surface area contributed by atoms with Gasteiger partial charge in [0.05, 0.1) is 6.10 Å². The second kappa shape index (κ2) is 5.74. The van der Waals surface area contributed by atoms with E-state index in [1.54, 1.807) is 13.0 Å². The van der Waals surface area contributed by atoms with Gasteiger partial charge in [0.25, 0.3) is 0 Å². The summed E-state index contributed by atoms with van der Waals surface area (Å²) >= 11 is 0. The molecule has 118 valence electrons. The molecule has 1 aliphatic heterocycles. The number of aryl methyl sites for hydroxylation is 2. The van der Waals surface area contributed by atoms with Crippen molar-refractivity contribution < 1.29 is 14.3 Å². The summed E-state index contributed by atoms with van der Waals surface area (Å²) in [6.45, 7) is 7.44. The van der Waals surface area contributed by atoms with Crippen molar-refractivity contribution in [2.24, 2.45) is 0 Å². The van der Waals surface area contributed by atoms with Crippen LogP contribution in [0.15, 0.2) is 21.3 Å². The van der Waals surface area contributed by atoms with Crippen LogP contribution in [0, 0.1) is 6.92 Å². The zero-order valence-corrected chi connectivity index (χ0v) is 13.2. The number of hydrogen-bond acceptors (Lipinski definition) is 5. The monoisotopic (exact) mass is 303 g/mol. The van der Waals surface area contributed by atoms with E-state index in [0.29, 0.717) is 18.9 Å². The molecule has 2 aromatic rings. The Balaban J connectivity index is 2.12. The molecule has 1 atom stereocenters. The lowest BCUT2D eigenvalue weighted by atomic mass is 9.99. The highest BCUT2D eigenvalue weighted by molar-refractivity contribution is 5.86. The third kappa shape index (κ3) is 2.62. The van der Waals surface area contributed by atoms with Crippen LogP contribution in [0.1, 0.15) is 30.5 Å². The van der Waals surface area contributed by atoms with Crippen molar-refractivity contribution in [1.29, 1.82) is 0 Å². The van der Waals surface area contributed by atoms with Crippen LogP contribution in [0.3, 0.4) is 0 Å². The first-order chi connectivity index (χ1) is 10.5. The SMILES string of the molecule is CCc1cc(=O)oc2c(C)c3c(cc12)CN(CC(C)O)CO3. The van der Waals surface area contributed by atoms with Crippen LogP contribution in [-0.4, -0.2) is 29.4 Å². The Kier molecular flexibility index (Phi) is 3.93. The largest absolute Gasteiger partial charge is 0.477 e. The molecular formula is C17H21NO4. The summed E-state index contributed by atoms with van der Waals surface area (Å²) in [5.41, 5.74) is 3.23. The Labute approximate surface area is 129 Å². The van der Waals surface area contributed by atoms with Gasteiger partial charge in [-0.1, -0.05) is 6.92 Å². The summed E-state index contributed by atoms with van der Waals surface area (Å²) in [5, 5.41) is 10.5. The summed E-state index contributed by atoms with van der Waals surface area (Å²) < 4.78 is 11.2. The van der Waals surface area contributed by atoms with E-state index in [2.05, 4.69) is 4.90 Å². The number of fused-ring (bicyclic) bond motifs is 2. The van der Waals surface area contributed by atoms with Crippen molar-refractivity contribution in [3.05, 3.63) is 39.2 Å². The second-order valence-electron chi connectivity index (χ2n) is 5.94. The molecule has 0 spiro atoms. The quantitative estimate of drug-likeness (QED) is 0.881. The fraction of sp³-hybridized carbons (Fsp3) is 0.471. The van der Waals surface area contributed by atoms with E-state index in [0.717, 1.165) is 40.8 Å². The van der Waals surface area contributed by atoms with Crippen LogP contribution in [0.4, 0.5) is 0 Å². The van der Waals surface area contributed by atoms with Gasteiger partial charge in [-0.2, -0.15) is 0 Å². The van der Waals surface area contributed by atoms with Crippen LogP contribution < -0.4 is 10.4 Å². The lowest BCUT2D eigenvalue weighted by Gasteiger charge is -2.31. The molecule has 0 amide bonds. The van der Waals surface area contributed by atoms with Crippen LogP contribution in [-0.2, 0) is 13.0 Å². The summed E-state index contributed by atoms with van der Waals surface area (Å²) in [7, 11) is 0. The molecule has 2 heterocycles. The van der Waals surface area contributed by atoms with Gasteiger partial charge < -0.3 is 14.3 Å². The maximum absolute atomic E-state index is 11.7. The molecule has 0 aliphatic carbocycles. The molecule has 0 fully saturated rings. The molecule has 0 bridgehead atoms. The van der Waals surface area contributed by atoms with E-state index in [4.69, 9.17) is 9.15 Å². The van der Waals surface area contributed by atoms with Gasteiger partial charge >= 0.3 is 5.63 Å². The molecule has 5 nitrogen and oxygen atoms in total. The van der Waals surface area contributed by atoms with Crippen molar-refractivity contribution in [3.63, 3.8) is 0 Å². The normalized spacial score (nSPS) is 16.4. The fourth-order valence-corrected chi connectivity index (χ4v) is 3.12. The molecule has 1 aromatic carbocycles. The van der Waals surface area contributed by atoms with Gasteiger partial charge in [0.2, 0.25) is 0 Å². The molecule has 0 radical (unpaired) electrons. The highest BCUT2D eigenvalue weighted by Crippen LogP contribution is 2.35. The van der Waals surface area contributed by atoms with Gasteiger partial charge in [0, 0.05) is 35.7 Å². The molecule has 3 rings (SSSR count). The zero-order chi connectivity index (χ0) is 15.9. The molecular weight excluding hydrogens is 282 g/mol. The van der Waals surface area contributed by atoms with E-state index in [-0.39, 0.29) is 5.63 Å². The standard InChI is InChI=1S/C17H21NO4/c1-4-12-6-15(20)22-17-11(3)16-13(5-14(12)17)8-18(9-21-16)7-10(2)19/h5-6,10,19H,4,7-9H2,1-3H3. The summed E-state index contributed by atoms with van der Waals surface area (Å²) in [6.07, 6.45) is 0.384. The first kappa shape index (κ1) is 15.1. The molecule has 1 aromatic heterocycles. The number of benzene rings is 1. The van der Waals surface area contributed by atoms with Crippen molar-refractivity contribution >= 4 is 11.0 Å². The number of ether oxygens (including phenoxy) is 1. The summed E-state index contributed by atoms with van der Waals surface area (Å²) in [4.78, 5) is 13.8. The minimum atomic E-state index is -0.393. The van der Waals surface area contributed by atoms with E-state index in [1.807, 2.05) is 19.9 Å². The molecule has 0 saturated carbocycles. The number of nitrogens with zero attached hydrogens (tertiary/aromatic N) is 1. The average molecular weight is 303 g/mol. The molecule has 1 aliphatic rings. The van der Waals surface area contributed by atoms with Crippen molar-refractivity contribution in [1.82, 2.24) is 4.90 Å². The van der Waals surface area contributed by atoms with Crippen molar-refractivity contribution in [2.75, 3.05) is 13.3 Å². The number of rotatable bonds is 3. The number of hydrogen-bond donors (Lipinski definition) is 1. The molecule has 5 heteroatoms. The smallest absolute Gasteiger partial charge is 0.336 e. The number of aliphatic hydroxyl groups is 1. The van der Waals surface area contributed by atoms with E-state index in [9.17, 15) is 9.90 Å². The van der Waals surface area contributed by atoms with E-state index < -0.39 is 6.10 Å². The highest BCUT2D eigenvalue weighted by Gasteiger charge is 2.23. The Morgan fingerprint density at radius 3 is 2.86 bits per heavy atom. The third-order valence-corrected chi connectivity index (χ3v) is 4.07. The Hall–Kier alpha value is -1.85. The van der Waals surface area contributed by atoms with Gasteiger partial charge in [-0.3, -0.25) is 4.90 Å². The minimum absolute atomic E-state index is 0.320. The minimum Gasteiger partial charge on any atom is -0.477 e. The van der Waals surface area contributed by atoms with Gasteiger partial charge in [0.15, 0.2) is 0 Å². The van der Waals surface area contributed by atoms with Crippen LogP contribution >= 0.6 is 0 Å². The predicted octanol–water partition coefficient (Wildman–Crippen LogP) is 2.20. The maximum atomic E-state index is 11.7. The lowest BCUT2D eigenvalue weighted by Crippen LogP contribution is -2.37. The van der Waals surface area contributed by atoms with Crippen LogP contribution in [0.25, 0.3) is 11.0 Å². The highest BCUT2D eigenvalue weighted by atomic mass is 16.5. The van der Waals surface area contributed by atoms with Gasteiger partial charge in [0.1, 0.15) is 18.1 Å². The van der Waals surface area contributed by atoms with E-state index in [1.165, 1.54) is 0 Å². The van der Waals surface area contributed by atoms with Gasteiger partial charge in [-0.05, 0) is 31.9 Å². The van der Waals surface area contributed by atoms with Gasteiger partial charge in [-0.15, -0.1) is 0 Å². The summed E-state index contributed by atoms with van der Waals surface area (Å²) in [6, 6.07) is 3.61. The second-order valence-corrected chi connectivity index (χ2v) is 5.94. The topological polar surface area (TPSA) is 62.9 Å². The summed E-state index contributed by atoms with van der Waals surface area (Å²) in [5.74, 6) is 0.797. The molecule has 1 unspecified atom stereocenters. The Bertz CT molecular complexity index is 763. The number of β-amino-alcohol motifs (C(OH)–C–C–N with tert-alkyl or cyclic N) is 1. The van der Waals surface area contributed by atoms with Crippen LogP contribution in [0.2, 0.25) is 0 Å². The molecule has 1 N–H and O–H groups in total. The predicted molar refractivity (Wildman–Crippen MR) is 84.2 cm³/mol. The fourth-order valence-electron chi connectivity index (χ4n) is 3.12. The average Bonchev–Trinajstić information content (AvgIpc) is 2.47. The van der Waals surface area contributed by atoms with Crippen LogP contribution in [0.5, 0.6) is 5.75 Å². The van der Waals surface area contributed by atoms with Crippen molar-refractivity contribution in [3.8, 4) is 5.75 Å². The van der Waals surface area contributed by atoms with E-state index >= 15 is 0 Å². The Morgan fingerprint density at radius 2 is 2.18 bits per heavy atom. The maximum Gasteiger partial charge on any atom is 0.336 e. The van der Waals surface area contributed by atoms with Crippen molar-refractivity contribution in [2.45, 2.75) is 39.8 Å². The lowest BCUT2D eigenvalue weighted by molar-refractivity contribution is 0.0498. The molecule has 0 saturated heterocycles. The first-order valence-corrected chi connectivity index (χ1v) is 7.62. The van der Waals surface area contributed by atoms with Gasteiger partial charge in [-0.25, -0.2) is 4.79 Å². The number of aliphatic hydroxyl groups excluding tert-OH is 1. The molecule has 22 heavy (non-hydrogen) atoms. The Morgan fingerprint density at radius 1 is 1.41 bits per heavy atom. The zero-order valence-electron chi connectivity index (χ0n) is 13.2.